The van der Waals surface area contributed by atoms with Gasteiger partial charge in [0.15, 0.2) is 0 Å². The number of rotatable bonds is 13. The first-order valence-electron chi connectivity index (χ1n) is 15.4. The summed E-state index contributed by atoms with van der Waals surface area (Å²) in [5, 5.41) is 12.4. The third kappa shape index (κ3) is 9.05. The average Bonchev–Trinajstić information content (AvgIpc) is 3.03. The molecule has 7 nitrogen and oxygen atoms in total. The number of ether oxygens (including phenoxy) is 1. The van der Waals surface area contributed by atoms with Gasteiger partial charge in [0.25, 0.3) is 11.8 Å². The first-order valence-corrected chi connectivity index (χ1v) is 15.4. The highest BCUT2D eigenvalue weighted by Gasteiger charge is 2.23. The monoisotopic (exact) mass is 606 g/mol. The van der Waals surface area contributed by atoms with E-state index in [0.717, 1.165) is 16.9 Å². The molecule has 0 spiro atoms. The molecule has 0 radical (unpaired) electrons. The van der Waals surface area contributed by atoms with Gasteiger partial charge in [0, 0.05) is 30.8 Å². The lowest BCUT2D eigenvalue weighted by atomic mass is 9.87. The summed E-state index contributed by atoms with van der Waals surface area (Å²) in [4.78, 5) is 40.6. The third-order valence-corrected chi connectivity index (χ3v) is 7.66. The maximum atomic E-state index is 14.0. The number of aliphatic carboxylic acids is 1. The van der Waals surface area contributed by atoms with Crippen LogP contribution in [0, 0.1) is 0 Å². The van der Waals surface area contributed by atoms with E-state index in [2.05, 4.69) is 38.2 Å². The van der Waals surface area contributed by atoms with Crippen molar-refractivity contribution in [2.24, 2.45) is 0 Å². The van der Waals surface area contributed by atoms with Gasteiger partial charge in [-0.3, -0.25) is 14.4 Å². The Labute approximate surface area is 265 Å². The Bertz CT molecular complexity index is 1620. The lowest BCUT2D eigenvalue weighted by Gasteiger charge is -2.24. The van der Waals surface area contributed by atoms with Crippen LogP contribution in [0.25, 0.3) is 11.1 Å². The Morgan fingerprint density at radius 1 is 0.778 bits per heavy atom. The molecule has 4 rings (SSSR count). The van der Waals surface area contributed by atoms with Crippen LogP contribution in [-0.2, 0) is 23.2 Å². The Morgan fingerprint density at radius 3 is 2.07 bits per heavy atom. The molecule has 4 aromatic rings. The molecule has 45 heavy (non-hydrogen) atoms. The zero-order valence-corrected chi connectivity index (χ0v) is 26.5. The van der Waals surface area contributed by atoms with Crippen LogP contribution in [0.1, 0.15) is 71.5 Å². The maximum absolute atomic E-state index is 14.0. The summed E-state index contributed by atoms with van der Waals surface area (Å²) in [7, 11) is 0. The van der Waals surface area contributed by atoms with E-state index < -0.39 is 5.97 Å². The Kier molecular flexibility index (Phi) is 11.1. The van der Waals surface area contributed by atoms with E-state index in [4.69, 9.17) is 4.74 Å². The number of carboxylic acid groups (broad SMARTS) is 1. The van der Waals surface area contributed by atoms with Crippen LogP contribution in [0.3, 0.4) is 0 Å². The molecule has 4 aromatic carbocycles. The average molecular weight is 607 g/mol. The van der Waals surface area contributed by atoms with Crippen LogP contribution >= 0.6 is 0 Å². The van der Waals surface area contributed by atoms with Gasteiger partial charge >= 0.3 is 5.97 Å². The second kappa shape index (κ2) is 15.2. The highest BCUT2D eigenvalue weighted by Crippen LogP contribution is 2.29. The number of carbonyl (C=O) groups excluding carboxylic acids is 2. The molecule has 0 fully saturated rings. The van der Waals surface area contributed by atoms with Gasteiger partial charge in [0.1, 0.15) is 5.75 Å². The Morgan fingerprint density at radius 2 is 1.42 bits per heavy atom. The fraction of sp³-hybridized carbons (Fsp3) is 0.289. The van der Waals surface area contributed by atoms with E-state index in [9.17, 15) is 19.5 Å². The van der Waals surface area contributed by atoms with Gasteiger partial charge in [-0.1, -0.05) is 93.6 Å². The van der Waals surface area contributed by atoms with Crippen molar-refractivity contribution in [2.75, 3.05) is 19.7 Å². The first-order chi connectivity index (χ1) is 21.6. The van der Waals surface area contributed by atoms with Gasteiger partial charge < -0.3 is 20.1 Å². The normalized spacial score (nSPS) is 11.1. The topological polar surface area (TPSA) is 95.9 Å². The number of nitrogens with zero attached hydrogens (tertiary/aromatic N) is 1. The number of nitrogens with one attached hydrogen (secondary N) is 1. The van der Waals surface area contributed by atoms with E-state index in [1.54, 1.807) is 29.2 Å². The van der Waals surface area contributed by atoms with Gasteiger partial charge in [-0.15, -0.1) is 0 Å². The van der Waals surface area contributed by atoms with E-state index in [0.29, 0.717) is 48.4 Å². The summed E-state index contributed by atoms with van der Waals surface area (Å²) in [6.07, 6.45) is 0.354. The zero-order valence-electron chi connectivity index (χ0n) is 26.5. The summed E-state index contributed by atoms with van der Waals surface area (Å²) in [6, 6.07) is 30.3. The molecular weight excluding hydrogens is 564 g/mol. The summed E-state index contributed by atoms with van der Waals surface area (Å²) in [6.45, 7) is 9.71. The van der Waals surface area contributed by atoms with E-state index in [-0.39, 0.29) is 30.2 Å². The van der Waals surface area contributed by atoms with Crippen molar-refractivity contribution >= 4 is 17.8 Å². The van der Waals surface area contributed by atoms with Gasteiger partial charge in [-0.2, -0.15) is 0 Å². The predicted octanol–water partition coefficient (Wildman–Crippen LogP) is 7.14. The summed E-state index contributed by atoms with van der Waals surface area (Å²) < 4.78 is 5.61. The van der Waals surface area contributed by atoms with E-state index in [1.807, 2.05) is 67.6 Å². The third-order valence-electron chi connectivity index (χ3n) is 7.66. The maximum Gasteiger partial charge on any atom is 0.305 e. The number of carboxylic acids is 1. The fourth-order valence-corrected chi connectivity index (χ4v) is 5.16. The van der Waals surface area contributed by atoms with Crippen molar-refractivity contribution in [1.82, 2.24) is 10.2 Å². The van der Waals surface area contributed by atoms with E-state index >= 15 is 0 Å². The van der Waals surface area contributed by atoms with Crippen molar-refractivity contribution in [3.63, 3.8) is 0 Å². The Balaban J connectivity index is 1.57. The standard InChI is InChI=1S/C38H42N2O5/c1-5-45-30-12-10-11-27(25-30)21-23-40(24-22-35(41)42)37(44)34-16-9-7-14-32(34)31-13-6-8-15-33(31)36(43)39-26-28-17-19-29(20-18-28)38(2,3)4/h6-20,25H,5,21-24,26H2,1-4H3,(H,39,43)(H,41,42). The lowest BCUT2D eigenvalue weighted by molar-refractivity contribution is -0.137. The minimum absolute atomic E-state index is 0.0451. The predicted molar refractivity (Wildman–Crippen MR) is 178 cm³/mol. The molecule has 0 bridgehead atoms. The van der Waals surface area contributed by atoms with Crippen molar-refractivity contribution < 1.29 is 24.2 Å². The molecule has 0 aliphatic rings. The van der Waals surface area contributed by atoms with Crippen LogP contribution in [-0.4, -0.2) is 47.5 Å². The fourth-order valence-electron chi connectivity index (χ4n) is 5.16. The quantitative estimate of drug-likeness (QED) is 0.169. The molecule has 0 unspecified atom stereocenters. The minimum Gasteiger partial charge on any atom is -0.494 e. The molecule has 0 heterocycles. The molecule has 0 saturated heterocycles. The molecule has 0 aliphatic heterocycles. The molecule has 7 heteroatoms. The van der Waals surface area contributed by atoms with Crippen LogP contribution in [0.15, 0.2) is 97.1 Å². The highest BCUT2D eigenvalue weighted by atomic mass is 16.5. The molecule has 234 valence electrons. The van der Waals surface area contributed by atoms with Crippen molar-refractivity contribution in [3.05, 3.63) is 125 Å². The van der Waals surface area contributed by atoms with E-state index in [1.165, 1.54) is 5.56 Å². The van der Waals surface area contributed by atoms with Crippen molar-refractivity contribution in [2.45, 2.75) is 52.5 Å². The molecule has 0 saturated carbocycles. The van der Waals surface area contributed by atoms with Crippen LogP contribution < -0.4 is 10.1 Å². The second-order valence-electron chi connectivity index (χ2n) is 12.0. The van der Waals surface area contributed by atoms with Crippen LogP contribution in [0.5, 0.6) is 5.75 Å². The largest absolute Gasteiger partial charge is 0.494 e. The van der Waals surface area contributed by atoms with Gasteiger partial charge in [-0.05, 0) is 70.8 Å². The summed E-state index contributed by atoms with van der Waals surface area (Å²) >= 11 is 0. The van der Waals surface area contributed by atoms with Gasteiger partial charge in [0.2, 0.25) is 0 Å². The smallest absolute Gasteiger partial charge is 0.305 e. The molecule has 0 atom stereocenters. The molecule has 0 aromatic heterocycles. The second-order valence-corrected chi connectivity index (χ2v) is 12.0. The van der Waals surface area contributed by atoms with Crippen LogP contribution in [0.4, 0.5) is 0 Å². The minimum atomic E-state index is -0.977. The summed E-state index contributed by atoms with van der Waals surface area (Å²) in [5.41, 5.74) is 5.34. The summed E-state index contributed by atoms with van der Waals surface area (Å²) in [5.74, 6) is -0.762. The molecule has 0 aliphatic carbocycles. The van der Waals surface area contributed by atoms with Crippen LogP contribution in [0.2, 0.25) is 0 Å². The number of hydrogen-bond donors (Lipinski definition) is 2. The number of hydrogen-bond acceptors (Lipinski definition) is 4. The highest BCUT2D eigenvalue weighted by molar-refractivity contribution is 6.06. The van der Waals surface area contributed by atoms with Crippen molar-refractivity contribution in [1.29, 1.82) is 0 Å². The number of carbonyl (C=O) groups is 3. The first kappa shape index (κ1) is 33.0. The molecular formula is C38H42N2O5. The number of amides is 2. The SMILES string of the molecule is CCOc1cccc(CCN(CCC(=O)O)C(=O)c2ccccc2-c2ccccc2C(=O)NCc2ccc(C(C)(C)C)cc2)c1. The lowest BCUT2D eigenvalue weighted by Crippen LogP contribution is -2.35. The van der Waals surface area contributed by atoms with Gasteiger partial charge in [0.05, 0.1) is 13.0 Å². The molecule has 2 N–H and O–H groups in total. The Hall–Kier alpha value is -4.91. The van der Waals surface area contributed by atoms with Crippen molar-refractivity contribution in [3.8, 4) is 16.9 Å². The number of benzene rings is 4. The molecule has 2 amide bonds. The van der Waals surface area contributed by atoms with Gasteiger partial charge in [-0.25, -0.2) is 0 Å². The zero-order chi connectivity index (χ0) is 32.4.